The zero-order chi connectivity index (χ0) is 13.8. The van der Waals surface area contributed by atoms with Gasteiger partial charge < -0.3 is 14.5 Å². The van der Waals surface area contributed by atoms with Crippen LogP contribution in [0.2, 0.25) is 0 Å². The molecule has 1 heterocycles. The molecule has 1 aromatic rings. The van der Waals surface area contributed by atoms with Gasteiger partial charge in [0.2, 0.25) is 0 Å². The highest BCUT2D eigenvalue weighted by Crippen LogP contribution is 2.17. The quantitative estimate of drug-likeness (QED) is 0.770. The second kappa shape index (κ2) is 6.17. The van der Waals surface area contributed by atoms with E-state index in [-0.39, 0.29) is 5.78 Å². The van der Waals surface area contributed by atoms with Crippen molar-refractivity contribution in [3.05, 3.63) is 29.8 Å². The molecule has 1 unspecified atom stereocenters. The largest absolute Gasteiger partial charge is 0.497 e. The fourth-order valence-corrected chi connectivity index (χ4v) is 2.45. The lowest BCUT2D eigenvalue weighted by Crippen LogP contribution is -2.50. The Labute approximate surface area is 115 Å². The monoisotopic (exact) mass is 262 g/mol. The number of Topliss-reactive ketones (excluding diaryl/α,β-unsaturated/α-hetero) is 1. The Morgan fingerprint density at radius 1 is 1.37 bits per heavy atom. The Hall–Kier alpha value is -1.39. The SMILES string of the molecule is COc1cccc(C(=O)CC2CN(C)CCN2C)c1. The van der Waals surface area contributed by atoms with Crippen LogP contribution in [-0.4, -0.2) is 62.5 Å². The van der Waals surface area contributed by atoms with E-state index >= 15 is 0 Å². The molecule has 4 nitrogen and oxygen atoms in total. The summed E-state index contributed by atoms with van der Waals surface area (Å²) < 4.78 is 5.16. The maximum Gasteiger partial charge on any atom is 0.164 e. The Morgan fingerprint density at radius 3 is 2.89 bits per heavy atom. The third-order valence-electron chi connectivity index (χ3n) is 3.79. The van der Waals surface area contributed by atoms with Gasteiger partial charge in [0.25, 0.3) is 0 Å². The lowest BCUT2D eigenvalue weighted by Gasteiger charge is -2.37. The van der Waals surface area contributed by atoms with Gasteiger partial charge in [-0.15, -0.1) is 0 Å². The van der Waals surface area contributed by atoms with Crippen LogP contribution < -0.4 is 4.74 Å². The number of ketones is 1. The number of carbonyl (C=O) groups is 1. The molecular formula is C15H22N2O2. The Bertz CT molecular complexity index is 448. The number of likely N-dealkylation sites (N-methyl/N-ethyl adjacent to an activating group) is 2. The molecule has 4 heteroatoms. The third-order valence-corrected chi connectivity index (χ3v) is 3.79. The van der Waals surface area contributed by atoms with Gasteiger partial charge in [0.1, 0.15) is 5.75 Å². The second-order valence-corrected chi connectivity index (χ2v) is 5.26. The number of rotatable bonds is 4. The van der Waals surface area contributed by atoms with E-state index in [1.165, 1.54) is 0 Å². The molecule has 0 aromatic heterocycles. The molecule has 2 rings (SSSR count). The molecule has 1 atom stereocenters. The number of benzene rings is 1. The minimum atomic E-state index is 0.186. The smallest absolute Gasteiger partial charge is 0.164 e. The van der Waals surface area contributed by atoms with Crippen LogP contribution in [0.5, 0.6) is 5.75 Å². The minimum absolute atomic E-state index is 0.186. The summed E-state index contributed by atoms with van der Waals surface area (Å²) in [6.07, 6.45) is 0.563. The van der Waals surface area contributed by atoms with Crippen molar-refractivity contribution in [1.82, 2.24) is 9.80 Å². The van der Waals surface area contributed by atoms with Gasteiger partial charge in [0.05, 0.1) is 7.11 Å². The Kier molecular flexibility index (Phi) is 4.56. The lowest BCUT2D eigenvalue weighted by atomic mass is 10.0. The van der Waals surface area contributed by atoms with Gasteiger partial charge in [0.15, 0.2) is 5.78 Å². The number of ether oxygens (including phenoxy) is 1. The average Bonchev–Trinajstić information content (AvgIpc) is 2.43. The summed E-state index contributed by atoms with van der Waals surface area (Å²) in [5.74, 6) is 0.922. The Morgan fingerprint density at radius 2 is 2.16 bits per heavy atom. The molecule has 0 amide bonds. The van der Waals surface area contributed by atoms with Crippen LogP contribution in [0.25, 0.3) is 0 Å². The summed E-state index contributed by atoms with van der Waals surface area (Å²) in [5.41, 5.74) is 0.737. The van der Waals surface area contributed by atoms with E-state index in [2.05, 4.69) is 23.9 Å². The van der Waals surface area contributed by atoms with Gasteiger partial charge in [0, 0.05) is 37.7 Å². The van der Waals surface area contributed by atoms with Crippen molar-refractivity contribution in [2.75, 3.05) is 40.8 Å². The Balaban J connectivity index is 2.03. The number of methoxy groups -OCH3 is 1. The van der Waals surface area contributed by atoms with Gasteiger partial charge in [-0.05, 0) is 26.2 Å². The normalized spacial score (nSPS) is 21.3. The van der Waals surface area contributed by atoms with E-state index < -0.39 is 0 Å². The van der Waals surface area contributed by atoms with Crippen LogP contribution in [0, 0.1) is 0 Å². The third kappa shape index (κ3) is 3.55. The molecule has 104 valence electrons. The van der Waals surface area contributed by atoms with Crippen molar-refractivity contribution < 1.29 is 9.53 Å². The van der Waals surface area contributed by atoms with E-state index in [0.717, 1.165) is 30.9 Å². The molecule has 1 aromatic carbocycles. The van der Waals surface area contributed by atoms with Crippen molar-refractivity contribution >= 4 is 5.78 Å². The maximum atomic E-state index is 12.3. The molecule has 1 saturated heterocycles. The first kappa shape index (κ1) is 14.0. The first-order valence-electron chi connectivity index (χ1n) is 6.66. The predicted octanol–water partition coefficient (Wildman–Crippen LogP) is 1.51. The summed E-state index contributed by atoms with van der Waals surface area (Å²) in [6, 6.07) is 7.70. The molecular weight excluding hydrogens is 240 g/mol. The number of nitrogens with zero attached hydrogens (tertiary/aromatic N) is 2. The molecule has 0 radical (unpaired) electrons. The van der Waals surface area contributed by atoms with Crippen molar-refractivity contribution in [2.24, 2.45) is 0 Å². The number of carbonyl (C=O) groups excluding carboxylic acids is 1. The first-order chi connectivity index (χ1) is 9.10. The summed E-state index contributed by atoms with van der Waals surface area (Å²) in [4.78, 5) is 16.9. The number of hydrogen-bond acceptors (Lipinski definition) is 4. The minimum Gasteiger partial charge on any atom is -0.497 e. The molecule has 1 aliphatic rings. The lowest BCUT2D eigenvalue weighted by molar-refractivity contribution is 0.0810. The summed E-state index contributed by atoms with van der Waals surface area (Å²) in [7, 11) is 5.82. The highest BCUT2D eigenvalue weighted by Gasteiger charge is 2.24. The molecule has 0 N–H and O–H groups in total. The van der Waals surface area contributed by atoms with Gasteiger partial charge in [-0.1, -0.05) is 12.1 Å². The molecule has 0 saturated carbocycles. The van der Waals surface area contributed by atoms with Gasteiger partial charge in [-0.25, -0.2) is 0 Å². The summed E-state index contributed by atoms with van der Waals surface area (Å²) in [5, 5.41) is 0. The predicted molar refractivity (Wildman–Crippen MR) is 75.9 cm³/mol. The highest BCUT2D eigenvalue weighted by atomic mass is 16.5. The fraction of sp³-hybridized carbons (Fsp3) is 0.533. The zero-order valence-electron chi connectivity index (χ0n) is 11.9. The number of piperazine rings is 1. The van der Waals surface area contributed by atoms with Gasteiger partial charge in [-0.2, -0.15) is 0 Å². The van der Waals surface area contributed by atoms with Crippen LogP contribution in [0.15, 0.2) is 24.3 Å². The number of hydrogen-bond donors (Lipinski definition) is 0. The highest BCUT2D eigenvalue weighted by molar-refractivity contribution is 5.96. The summed E-state index contributed by atoms with van der Waals surface area (Å²) in [6.45, 7) is 3.04. The molecule has 1 fully saturated rings. The summed E-state index contributed by atoms with van der Waals surface area (Å²) >= 11 is 0. The van der Waals surface area contributed by atoms with E-state index in [1.807, 2.05) is 24.3 Å². The molecule has 0 spiro atoms. The second-order valence-electron chi connectivity index (χ2n) is 5.26. The van der Waals surface area contributed by atoms with Crippen molar-refractivity contribution in [1.29, 1.82) is 0 Å². The van der Waals surface area contributed by atoms with Gasteiger partial charge in [-0.3, -0.25) is 4.79 Å². The van der Waals surface area contributed by atoms with Crippen LogP contribution >= 0.6 is 0 Å². The standard InChI is InChI=1S/C15H22N2O2/c1-16-7-8-17(2)13(11-16)10-15(18)12-5-4-6-14(9-12)19-3/h4-6,9,13H,7-8,10-11H2,1-3H3. The molecule has 0 bridgehead atoms. The van der Waals surface area contributed by atoms with Gasteiger partial charge >= 0.3 is 0 Å². The van der Waals surface area contributed by atoms with Crippen molar-refractivity contribution in [3.8, 4) is 5.75 Å². The van der Waals surface area contributed by atoms with Crippen LogP contribution in [0.1, 0.15) is 16.8 Å². The van der Waals surface area contributed by atoms with Crippen LogP contribution in [0.3, 0.4) is 0 Å². The fourth-order valence-electron chi connectivity index (χ4n) is 2.45. The molecule has 19 heavy (non-hydrogen) atoms. The van der Waals surface area contributed by atoms with Crippen molar-refractivity contribution in [2.45, 2.75) is 12.5 Å². The van der Waals surface area contributed by atoms with Crippen LogP contribution in [-0.2, 0) is 0 Å². The van der Waals surface area contributed by atoms with E-state index in [9.17, 15) is 4.79 Å². The average molecular weight is 262 g/mol. The zero-order valence-corrected chi connectivity index (χ0v) is 11.9. The molecule has 0 aliphatic carbocycles. The van der Waals surface area contributed by atoms with E-state index in [4.69, 9.17) is 4.74 Å². The van der Waals surface area contributed by atoms with E-state index in [1.54, 1.807) is 7.11 Å². The van der Waals surface area contributed by atoms with Crippen LogP contribution in [0.4, 0.5) is 0 Å². The van der Waals surface area contributed by atoms with E-state index in [0.29, 0.717) is 12.5 Å². The first-order valence-corrected chi connectivity index (χ1v) is 6.66. The topological polar surface area (TPSA) is 32.8 Å². The molecule has 1 aliphatic heterocycles. The van der Waals surface area contributed by atoms with Crippen molar-refractivity contribution in [3.63, 3.8) is 0 Å². The maximum absolute atomic E-state index is 12.3.